The van der Waals surface area contributed by atoms with E-state index in [0.717, 1.165) is 43.9 Å². The molecule has 1 amide bonds. The number of likely N-dealkylation sites (tertiary alicyclic amines) is 1. The second kappa shape index (κ2) is 9.39. The van der Waals surface area contributed by atoms with E-state index in [0.29, 0.717) is 12.0 Å². The number of halogens is 1. The number of guanidine groups is 1. The first-order valence-electron chi connectivity index (χ1n) is 9.31. The molecule has 7 heteroatoms. The van der Waals surface area contributed by atoms with Gasteiger partial charge in [0.05, 0.1) is 6.61 Å². The van der Waals surface area contributed by atoms with E-state index in [1.807, 2.05) is 0 Å². The van der Waals surface area contributed by atoms with Crippen LogP contribution < -0.4 is 5.32 Å². The van der Waals surface area contributed by atoms with Gasteiger partial charge >= 0.3 is 0 Å². The van der Waals surface area contributed by atoms with Crippen LogP contribution in [0, 0.1) is 17.8 Å². The molecule has 25 heavy (non-hydrogen) atoms. The molecule has 1 saturated heterocycles. The molecule has 0 spiro atoms. The normalized spacial score (nSPS) is 31.2. The third kappa shape index (κ3) is 5.21. The zero-order valence-corrected chi connectivity index (χ0v) is 18.1. The maximum absolute atomic E-state index is 11.9. The van der Waals surface area contributed by atoms with Crippen LogP contribution in [0.5, 0.6) is 0 Å². The number of fused-ring (bicyclic) bond motifs is 2. The van der Waals surface area contributed by atoms with Crippen LogP contribution in [-0.2, 0) is 9.53 Å². The number of nitrogens with one attached hydrogen (secondary N) is 1. The van der Waals surface area contributed by atoms with Gasteiger partial charge in [-0.1, -0.05) is 6.42 Å². The van der Waals surface area contributed by atoms with Gasteiger partial charge in [0.2, 0.25) is 5.91 Å². The van der Waals surface area contributed by atoms with Crippen LogP contribution in [0.4, 0.5) is 0 Å². The third-order valence-corrected chi connectivity index (χ3v) is 5.90. The van der Waals surface area contributed by atoms with Crippen LogP contribution in [-0.4, -0.2) is 75.2 Å². The number of nitrogens with zero attached hydrogens (tertiary/aromatic N) is 3. The van der Waals surface area contributed by atoms with Crippen LogP contribution in [0.2, 0.25) is 0 Å². The van der Waals surface area contributed by atoms with Crippen molar-refractivity contribution in [1.82, 2.24) is 15.1 Å². The minimum Gasteiger partial charge on any atom is -0.384 e. The number of rotatable bonds is 5. The van der Waals surface area contributed by atoms with Crippen molar-refractivity contribution in [2.45, 2.75) is 38.1 Å². The highest BCUT2D eigenvalue weighted by atomic mass is 127. The van der Waals surface area contributed by atoms with Crippen LogP contribution >= 0.6 is 24.0 Å². The van der Waals surface area contributed by atoms with Crippen molar-refractivity contribution in [3.63, 3.8) is 0 Å². The van der Waals surface area contributed by atoms with Gasteiger partial charge in [-0.3, -0.25) is 4.79 Å². The number of carbonyl (C=O) groups excluding carboxylic acids is 1. The molecule has 0 radical (unpaired) electrons. The minimum atomic E-state index is 0. The number of hydrogen-bond acceptors (Lipinski definition) is 3. The van der Waals surface area contributed by atoms with Gasteiger partial charge in [0.15, 0.2) is 5.96 Å². The van der Waals surface area contributed by atoms with Gasteiger partial charge in [0, 0.05) is 46.3 Å². The van der Waals surface area contributed by atoms with Gasteiger partial charge in [-0.2, -0.15) is 0 Å². The quantitative estimate of drug-likeness (QED) is 0.383. The third-order valence-electron chi connectivity index (χ3n) is 5.90. The fraction of sp³-hybridized carbons (Fsp3) is 0.889. The molecule has 4 atom stereocenters. The van der Waals surface area contributed by atoms with Gasteiger partial charge in [-0.25, -0.2) is 4.99 Å². The van der Waals surface area contributed by atoms with E-state index >= 15 is 0 Å². The fourth-order valence-electron chi connectivity index (χ4n) is 4.50. The summed E-state index contributed by atoms with van der Waals surface area (Å²) in [5.41, 5.74) is 0. The zero-order valence-electron chi connectivity index (χ0n) is 15.7. The monoisotopic (exact) mass is 464 g/mol. The van der Waals surface area contributed by atoms with Crippen LogP contribution in [0.25, 0.3) is 0 Å². The molecule has 0 aromatic carbocycles. The second-order valence-electron chi connectivity index (χ2n) is 7.91. The van der Waals surface area contributed by atoms with Crippen molar-refractivity contribution < 1.29 is 9.53 Å². The lowest BCUT2D eigenvalue weighted by atomic mass is 9.95. The van der Waals surface area contributed by atoms with Gasteiger partial charge in [-0.15, -0.1) is 24.0 Å². The summed E-state index contributed by atoms with van der Waals surface area (Å²) in [4.78, 5) is 20.5. The smallest absolute Gasteiger partial charge is 0.243 e. The first-order valence-corrected chi connectivity index (χ1v) is 9.31. The van der Waals surface area contributed by atoms with Crippen molar-refractivity contribution in [3.8, 4) is 0 Å². The van der Waals surface area contributed by atoms with Crippen LogP contribution in [0.1, 0.15) is 32.1 Å². The van der Waals surface area contributed by atoms with Crippen molar-refractivity contribution in [3.05, 3.63) is 0 Å². The van der Waals surface area contributed by atoms with Crippen LogP contribution in [0.15, 0.2) is 4.99 Å². The molecule has 2 aliphatic carbocycles. The topological polar surface area (TPSA) is 57.2 Å². The molecular formula is C18H33IN4O2. The minimum absolute atomic E-state index is 0. The molecule has 2 bridgehead atoms. The fourth-order valence-corrected chi connectivity index (χ4v) is 4.50. The van der Waals surface area contributed by atoms with Gasteiger partial charge in [-0.05, 0) is 37.5 Å². The Morgan fingerprint density at radius 1 is 1.28 bits per heavy atom. The molecule has 6 nitrogen and oxygen atoms in total. The lowest BCUT2D eigenvalue weighted by molar-refractivity contribution is -0.127. The molecule has 1 heterocycles. The summed E-state index contributed by atoms with van der Waals surface area (Å²) in [6.07, 6.45) is 6.51. The van der Waals surface area contributed by atoms with E-state index in [4.69, 9.17) is 4.74 Å². The van der Waals surface area contributed by atoms with Crippen molar-refractivity contribution in [1.29, 1.82) is 0 Å². The molecule has 144 valence electrons. The first kappa shape index (κ1) is 20.7. The number of amides is 1. The summed E-state index contributed by atoms with van der Waals surface area (Å²) in [6, 6.07) is 0.540. The average Bonchev–Trinajstić information content (AvgIpc) is 3.27. The maximum Gasteiger partial charge on any atom is 0.243 e. The van der Waals surface area contributed by atoms with Crippen molar-refractivity contribution >= 4 is 35.8 Å². The lowest BCUT2D eigenvalue weighted by Crippen LogP contribution is -2.47. The van der Waals surface area contributed by atoms with Gasteiger partial charge in [0.1, 0.15) is 6.54 Å². The Labute approximate surface area is 168 Å². The summed E-state index contributed by atoms with van der Waals surface area (Å²) in [6.45, 7) is 2.99. The largest absolute Gasteiger partial charge is 0.384 e. The van der Waals surface area contributed by atoms with Crippen molar-refractivity contribution in [2.24, 2.45) is 22.7 Å². The van der Waals surface area contributed by atoms with Gasteiger partial charge in [0.25, 0.3) is 0 Å². The predicted octanol–water partition coefficient (Wildman–Crippen LogP) is 1.80. The summed E-state index contributed by atoms with van der Waals surface area (Å²) >= 11 is 0. The first-order chi connectivity index (χ1) is 11.6. The standard InChI is InChI=1S/C18H32N4O2.HI/c1-21(2)17(23)10-19-18(22-7-6-14(11-22)12-24-3)20-16-9-13-4-5-15(16)8-13;/h13-16H,4-12H2,1-3H3,(H,19,20);1H. The maximum atomic E-state index is 11.9. The van der Waals surface area contributed by atoms with E-state index in [9.17, 15) is 4.79 Å². The van der Waals surface area contributed by atoms with E-state index in [2.05, 4.69) is 15.2 Å². The number of carbonyl (C=O) groups is 1. The van der Waals surface area contributed by atoms with E-state index < -0.39 is 0 Å². The van der Waals surface area contributed by atoms with E-state index in [-0.39, 0.29) is 36.4 Å². The Kier molecular flexibility index (Phi) is 7.79. The molecule has 3 rings (SSSR count). The number of ether oxygens (including phenoxy) is 1. The highest BCUT2D eigenvalue weighted by molar-refractivity contribution is 14.0. The van der Waals surface area contributed by atoms with E-state index in [1.165, 1.54) is 25.7 Å². The molecule has 1 aliphatic heterocycles. The zero-order chi connectivity index (χ0) is 17.1. The van der Waals surface area contributed by atoms with Crippen molar-refractivity contribution in [2.75, 3.05) is 47.4 Å². The Bertz CT molecular complexity index is 486. The molecule has 0 aromatic rings. The van der Waals surface area contributed by atoms with Gasteiger partial charge < -0.3 is 19.9 Å². The molecule has 1 N–H and O–H groups in total. The summed E-state index contributed by atoms with van der Waals surface area (Å²) in [5.74, 6) is 3.24. The summed E-state index contributed by atoms with van der Waals surface area (Å²) < 4.78 is 5.31. The molecular weight excluding hydrogens is 431 g/mol. The van der Waals surface area contributed by atoms with Crippen LogP contribution in [0.3, 0.4) is 0 Å². The predicted molar refractivity (Wildman–Crippen MR) is 110 cm³/mol. The number of hydrogen-bond donors (Lipinski definition) is 1. The Morgan fingerprint density at radius 2 is 2.08 bits per heavy atom. The molecule has 3 aliphatic rings. The molecule has 2 saturated carbocycles. The summed E-state index contributed by atoms with van der Waals surface area (Å²) in [5, 5.41) is 3.71. The lowest BCUT2D eigenvalue weighted by Gasteiger charge is -2.29. The average molecular weight is 464 g/mol. The SMILES string of the molecule is COCC1CCN(C(=NCC(=O)N(C)C)NC2CC3CCC2C3)C1.I. The number of methoxy groups -OCH3 is 1. The molecule has 3 fully saturated rings. The van der Waals surface area contributed by atoms with E-state index in [1.54, 1.807) is 26.1 Å². The number of aliphatic imine (C=N–C) groups is 1. The highest BCUT2D eigenvalue weighted by Crippen LogP contribution is 2.44. The summed E-state index contributed by atoms with van der Waals surface area (Å²) in [7, 11) is 5.33. The Hall–Kier alpha value is -0.570. The highest BCUT2D eigenvalue weighted by Gasteiger charge is 2.40. The molecule has 4 unspecified atom stereocenters. The second-order valence-corrected chi connectivity index (χ2v) is 7.91. The Morgan fingerprint density at radius 3 is 2.68 bits per heavy atom. The number of likely N-dealkylation sites (N-methyl/N-ethyl adjacent to an activating group) is 1. The Balaban J connectivity index is 0.00000225. The molecule has 0 aromatic heterocycles.